The van der Waals surface area contributed by atoms with Crippen LogP contribution in [0.2, 0.25) is 0 Å². The average molecular weight is 260 g/mol. The first-order chi connectivity index (χ1) is 8.89. The van der Waals surface area contributed by atoms with Crippen molar-refractivity contribution in [1.82, 2.24) is 0 Å². The van der Waals surface area contributed by atoms with E-state index in [2.05, 4.69) is 0 Å². The zero-order valence-electron chi connectivity index (χ0n) is 10.9. The number of benzene rings is 1. The van der Waals surface area contributed by atoms with Crippen LogP contribution in [0.15, 0.2) is 24.0 Å². The number of aromatic hydroxyl groups is 1. The molecule has 1 aromatic carbocycles. The molecule has 3 rings (SSSR count). The first-order valence-corrected chi connectivity index (χ1v) is 6.32. The number of aliphatic hydroxyl groups is 1. The van der Waals surface area contributed by atoms with Crippen LogP contribution in [0.1, 0.15) is 44.1 Å². The van der Waals surface area contributed by atoms with Crippen molar-refractivity contribution in [1.29, 1.82) is 0 Å². The molecule has 0 fully saturated rings. The molecule has 2 aliphatic rings. The number of carbonyl (C=O) groups is 1. The fourth-order valence-corrected chi connectivity index (χ4v) is 2.89. The van der Waals surface area contributed by atoms with Crippen molar-refractivity contribution in [3.05, 3.63) is 35.1 Å². The van der Waals surface area contributed by atoms with Gasteiger partial charge in [0, 0.05) is 18.4 Å². The molecule has 4 heteroatoms. The number of Topliss-reactive ketones (excluding diaryl/α,β-unsaturated/α-hetero) is 1. The van der Waals surface area contributed by atoms with E-state index in [0.29, 0.717) is 29.7 Å². The van der Waals surface area contributed by atoms with E-state index >= 15 is 0 Å². The highest BCUT2D eigenvalue weighted by molar-refractivity contribution is 6.23. The van der Waals surface area contributed by atoms with Crippen LogP contribution in [0.4, 0.5) is 0 Å². The molecule has 19 heavy (non-hydrogen) atoms. The highest BCUT2D eigenvalue weighted by Gasteiger charge is 2.40. The van der Waals surface area contributed by atoms with Crippen molar-refractivity contribution in [2.24, 2.45) is 5.41 Å². The van der Waals surface area contributed by atoms with Crippen LogP contribution in [0, 0.1) is 5.41 Å². The maximum Gasteiger partial charge on any atom is 0.228 e. The molecule has 0 saturated carbocycles. The lowest BCUT2D eigenvalue weighted by molar-refractivity contribution is -0.118. The number of rotatable bonds is 0. The van der Waals surface area contributed by atoms with Crippen molar-refractivity contribution >= 4 is 11.4 Å². The number of hydrogen-bond acceptors (Lipinski definition) is 4. The number of ketones is 1. The van der Waals surface area contributed by atoms with Gasteiger partial charge in [-0.3, -0.25) is 4.79 Å². The van der Waals surface area contributed by atoms with Gasteiger partial charge in [0.25, 0.3) is 0 Å². The van der Waals surface area contributed by atoms with Crippen molar-refractivity contribution in [3.8, 4) is 5.75 Å². The first-order valence-electron chi connectivity index (χ1n) is 6.32. The average Bonchev–Trinajstić information content (AvgIpc) is 2.25. The largest absolute Gasteiger partial charge is 0.507 e. The minimum atomic E-state index is -1.21. The molecule has 0 saturated heterocycles. The third-order valence-corrected chi connectivity index (χ3v) is 3.69. The molecule has 0 bridgehead atoms. The molecule has 1 aliphatic heterocycles. The fourth-order valence-electron chi connectivity index (χ4n) is 2.89. The summed E-state index contributed by atoms with van der Waals surface area (Å²) in [7, 11) is 0. The monoisotopic (exact) mass is 260 g/mol. The summed E-state index contributed by atoms with van der Waals surface area (Å²) >= 11 is 0. The number of hydrogen-bond donors (Lipinski definition) is 2. The van der Waals surface area contributed by atoms with E-state index in [9.17, 15) is 15.0 Å². The van der Waals surface area contributed by atoms with Crippen LogP contribution >= 0.6 is 0 Å². The Hall–Kier alpha value is -1.81. The zero-order chi connectivity index (χ0) is 13.8. The van der Waals surface area contributed by atoms with Crippen LogP contribution in [0.3, 0.4) is 0 Å². The van der Waals surface area contributed by atoms with Crippen molar-refractivity contribution in [3.63, 3.8) is 0 Å². The Balaban J connectivity index is 2.22. The molecule has 0 spiro atoms. The van der Waals surface area contributed by atoms with Crippen molar-refractivity contribution in [2.45, 2.75) is 33.0 Å². The lowest BCUT2D eigenvalue weighted by Gasteiger charge is -2.36. The third kappa shape index (κ3) is 1.83. The van der Waals surface area contributed by atoms with Gasteiger partial charge in [-0.1, -0.05) is 26.0 Å². The maximum absolute atomic E-state index is 12.3. The molecular weight excluding hydrogens is 244 g/mol. The molecule has 1 aromatic rings. The van der Waals surface area contributed by atoms with E-state index in [1.165, 1.54) is 6.07 Å². The second kappa shape index (κ2) is 3.84. The summed E-state index contributed by atoms with van der Waals surface area (Å²) in [5.74, 6) is 0.492. The Morgan fingerprint density at radius 2 is 2.05 bits per heavy atom. The molecule has 1 heterocycles. The molecule has 2 N–H and O–H groups in total. The molecule has 1 unspecified atom stereocenters. The van der Waals surface area contributed by atoms with Gasteiger partial charge >= 0.3 is 0 Å². The molecular formula is C15H16O4. The molecule has 100 valence electrons. The summed E-state index contributed by atoms with van der Waals surface area (Å²) in [5.41, 5.74) is 1.23. The van der Waals surface area contributed by atoms with E-state index in [-0.39, 0.29) is 22.5 Å². The second-order valence-corrected chi connectivity index (χ2v) is 5.95. The standard InChI is InChI=1S/C15H16O4/c1-15(2)6-10(17)12-8-4-3-5-9(16)13(8)14(18)19-11(12)7-15/h3-5,14,16,18H,6-7H2,1-2H3. The molecule has 1 atom stereocenters. The Kier molecular flexibility index (Phi) is 2.47. The summed E-state index contributed by atoms with van der Waals surface area (Å²) in [6.07, 6.45) is -0.155. The quantitative estimate of drug-likeness (QED) is 0.752. The highest BCUT2D eigenvalue weighted by atomic mass is 16.6. The molecule has 0 amide bonds. The summed E-state index contributed by atoms with van der Waals surface area (Å²) < 4.78 is 5.46. The lowest BCUT2D eigenvalue weighted by Crippen LogP contribution is -2.29. The summed E-state index contributed by atoms with van der Waals surface area (Å²) in [4.78, 5) is 12.3. The molecule has 0 aromatic heterocycles. The molecule has 4 nitrogen and oxygen atoms in total. The number of allylic oxidation sites excluding steroid dienone is 2. The van der Waals surface area contributed by atoms with E-state index < -0.39 is 6.29 Å². The van der Waals surface area contributed by atoms with Gasteiger partial charge in [-0.05, 0) is 11.5 Å². The topological polar surface area (TPSA) is 66.8 Å². The highest BCUT2D eigenvalue weighted by Crippen LogP contribution is 2.48. The van der Waals surface area contributed by atoms with Crippen LogP contribution in [0.5, 0.6) is 5.75 Å². The number of phenols is 1. The number of carbonyl (C=O) groups excluding carboxylic acids is 1. The van der Waals surface area contributed by atoms with E-state index in [1.54, 1.807) is 12.1 Å². The Morgan fingerprint density at radius 1 is 1.32 bits per heavy atom. The number of phenolic OH excluding ortho intramolecular Hbond substituents is 1. The van der Waals surface area contributed by atoms with Gasteiger partial charge in [-0.15, -0.1) is 0 Å². The first kappa shape index (κ1) is 12.2. The van der Waals surface area contributed by atoms with E-state index in [0.717, 1.165) is 0 Å². The van der Waals surface area contributed by atoms with Gasteiger partial charge in [-0.25, -0.2) is 0 Å². The van der Waals surface area contributed by atoms with E-state index in [1.807, 2.05) is 13.8 Å². The third-order valence-electron chi connectivity index (χ3n) is 3.69. The van der Waals surface area contributed by atoms with Gasteiger partial charge in [-0.2, -0.15) is 0 Å². The zero-order valence-corrected chi connectivity index (χ0v) is 10.9. The van der Waals surface area contributed by atoms with Gasteiger partial charge in [0.05, 0.1) is 11.1 Å². The predicted molar refractivity (Wildman–Crippen MR) is 69.1 cm³/mol. The van der Waals surface area contributed by atoms with Gasteiger partial charge in [0.1, 0.15) is 11.5 Å². The lowest BCUT2D eigenvalue weighted by atomic mass is 9.74. The Labute approximate surface area is 111 Å². The van der Waals surface area contributed by atoms with Crippen molar-refractivity contribution in [2.75, 3.05) is 0 Å². The summed E-state index contributed by atoms with van der Waals surface area (Å²) in [6, 6.07) is 4.89. The van der Waals surface area contributed by atoms with Crippen LogP contribution < -0.4 is 0 Å². The smallest absolute Gasteiger partial charge is 0.228 e. The molecule has 0 radical (unpaired) electrons. The van der Waals surface area contributed by atoms with Crippen LogP contribution in [0.25, 0.3) is 5.57 Å². The molecule has 1 aliphatic carbocycles. The maximum atomic E-state index is 12.3. The van der Waals surface area contributed by atoms with Gasteiger partial charge in [0.15, 0.2) is 5.78 Å². The second-order valence-electron chi connectivity index (χ2n) is 5.95. The van der Waals surface area contributed by atoms with Gasteiger partial charge in [0.2, 0.25) is 6.29 Å². The number of aliphatic hydroxyl groups excluding tert-OH is 1. The SMILES string of the molecule is CC1(C)CC(=O)C2=C(C1)OC(O)c1c(O)cccc12. The summed E-state index contributed by atoms with van der Waals surface area (Å²) in [6.45, 7) is 4.00. The predicted octanol–water partition coefficient (Wildman–Crippen LogP) is 2.51. The fraction of sp³-hybridized carbons (Fsp3) is 0.400. The van der Waals surface area contributed by atoms with Gasteiger partial charge < -0.3 is 14.9 Å². The normalized spacial score (nSPS) is 24.6. The van der Waals surface area contributed by atoms with Crippen LogP contribution in [-0.2, 0) is 9.53 Å². The van der Waals surface area contributed by atoms with E-state index in [4.69, 9.17) is 4.74 Å². The van der Waals surface area contributed by atoms with Crippen molar-refractivity contribution < 1.29 is 19.7 Å². The number of ether oxygens (including phenoxy) is 1. The summed E-state index contributed by atoms with van der Waals surface area (Å²) in [5, 5.41) is 19.8. The Bertz CT molecular complexity index is 598. The number of fused-ring (bicyclic) bond motifs is 2. The minimum absolute atomic E-state index is 0.00463. The van der Waals surface area contributed by atoms with Crippen LogP contribution in [-0.4, -0.2) is 16.0 Å². The Morgan fingerprint density at radius 3 is 2.79 bits per heavy atom. The minimum Gasteiger partial charge on any atom is -0.507 e.